The van der Waals surface area contributed by atoms with Crippen LogP contribution in [0.3, 0.4) is 0 Å². The summed E-state index contributed by atoms with van der Waals surface area (Å²) in [6.45, 7) is 3.67. The molecule has 3 rings (SSSR count). The zero-order chi connectivity index (χ0) is 22.4. The molecule has 1 heterocycles. The molecule has 0 unspecified atom stereocenters. The molecular weight excluding hydrogens is 410 g/mol. The summed E-state index contributed by atoms with van der Waals surface area (Å²) in [4.78, 5) is 12.1. The number of methoxy groups -OCH3 is 1. The monoisotopic (exact) mass is 433 g/mol. The number of unbranched alkanes of at least 4 members (excludes halogenated alkanes) is 1. The van der Waals surface area contributed by atoms with Crippen molar-refractivity contribution in [1.29, 1.82) is 5.26 Å². The minimum atomic E-state index is -0.354. The topological polar surface area (TPSA) is 89.0 Å². The van der Waals surface area contributed by atoms with Crippen molar-refractivity contribution in [3.05, 3.63) is 82.1 Å². The second-order valence-electron chi connectivity index (χ2n) is 7.09. The highest BCUT2D eigenvalue weighted by Crippen LogP contribution is 2.33. The van der Waals surface area contributed by atoms with Crippen molar-refractivity contribution in [3.8, 4) is 11.8 Å². The first-order chi connectivity index (χ1) is 14.9. The maximum Gasteiger partial charge on any atom is 0.220 e. The van der Waals surface area contributed by atoms with Crippen molar-refractivity contribution >= 4 is 23.3 Å². The number of thiol groups is 1. The number of carbonyl (C=O) groups excluding carboxylic acids is 1. The smallest absolute Gasteiger partial charge is 0.220 e. The maximum atomic E-state index is 12.1. The van der Waals surface area contributed by atoms with E-state index in [0.717, 1.165) is 35.1 Å². The molecule has 0 aliphatic heterocycles. The molecule has 2 aromatic carbocycles. The first-order valence-corrected chi connectivity index (χ1v) is 10.3. The van der Waals surface area contributed by atoms with E-state index >= 15 is 0 Å². The molecule has 6 nitrogen and oxygen atoms in total. The number of allylic oxidation sites excluding steroid dienone is 1. The van der Waals surface area contributed by atoms with E-state index in [1.54, 1.807) is 32.2 Å². The molecule has 3 aromatic rings. The lowest BCUT2D eigenvalue weighted by atomic mass is 9.92. The average molecular weight is 434 g/mol. The molecule has 0 amide bonds. The molecule has 7 heteroatoms. The Hall–Kier alpha value is -3.37. The van der Waals surface area contributed by atoms with Gasteiger partial charge in [-0.3, -0.25) is 4.79 Å². The lowest BCUT2D eigenvalue weighted by Gasteiger charge is -2.15. The fourth-order valence-electron chi connectivity index (χ4n) is 3.42. The minimum absolute atomic E-state index is 0.354. The van der Waals surface area contributed by atoms with Gasteiger partial charge < -0.3 is 9.15 Å². The van der Waals surface area contributed by atoms with Gasteiger partial charge in [0.1, 0.15) is 5.75 Å². The quantitative estimate of drug-likeness (QED) is 0.393. The molecule has 0 N–H and O–H groups in total. The third kappa shape index (κ3) is 5.41. The molecule has 31 heavy (non-hydrogen) atoms. The molecule has 0 bridgehead atoms. The number of ether oxygens (including phenoxy) is 1. The van der Waals surface area contributed by atoms with Crippen LogP contribution >= 0.6 is 12.6 Å². The van der Waals surface area contributed by atoms with E-state index in [2.05, 4.69) is 35.0 Å². The van der Waals surface area contributed by atoms with Gasteiger partial charge in [-0.2, -0.15) is 5.26 Å². The van der Waals surface area contributed by atoms with Gasteiger partial charge in [-0.25, -0.2) is 0 Å². The predicted octanol–water partition coefficient (Wildman–Crippen LogP) is 5.09. The number of aromatic nitrogens is 2. The van der Waals surface area contributed by atoms with Crippen LogP contribution in [-0.4, -0.2) is 22.4 Å². The number of rotatable bonds is 8. The zero-order valence-electron chi connectivity index (χ0n) is 17.7. The van der Waals surface area contributed by atoms with Crippen molar-refractivity contribution in [2.75, 3.05) is 7.11 Å². The summed E-state index contributed by atoms with van der Waals surface area (Å²) in [6, 6.07) is 13.3. The lowest BCUT2D eigenvalue weighted by Crippen LogP contribution is -2.01. The fraction of sp³-hybridized carbons (Fsp3) is 0.250. The molecule has 158 valence electrons. The standard InChI is InChI=1S/C24H23N3O3S/c1-15-12-19(13-21(24(28)31)23(15)29-3)20(18-10-8-17(14-25)9-11-18)6-4-5-7-22-27-26-16(2)30-22/h6,8-13H,4-5,7H2,1-3H3,(H,28,31). The van der Waals surface area contributed by atoms with Crippen LogP contribution in [0.1, 0.15) is 57.2 Å². The highest BCUT2D eigenvalue weighted by Gasteiger charge is 2.16. The Kier molecular flexibility index (Phi) is 7.27. The molecular formula is C24H23N3O3S. The number of nitrogens with zero attached hydrogens (tertiary/aromatic N) is 3. The van der Waals surface area contributed by atoms with E-state index in [-0.39, 0.29) is 5.12 Å². The molecule has 0 fully saturated rings. The second kappa shape index (κ2) is 10.1. The van der Waals surface area contributed by atoms with Gasteiger partial charge in [0.25, 0.3) is 0 Å². The van der Waals surface area contributed by atoms with Crippen LogP contribution in [-0.2, 0) is 6.42 Å². The number of nitriles is 1. The molecule has 0 aliphatic carbocycles. The van der Waals surface area contributed by atoms with Crippen LogP contribution in [0.4, 0.5) is 0 Å². The molecule has 0 radical (unpaired) electrons. The summed E-state index contributed by atoms with van der Waals surface area (Å²) in [7, 11) is 1.54. The molecule has 0 saturated heterocycles. The number of hydrogen-bond donors (Lipinski definition) is 1. The average Bonchev–Trinajstić information content (AvgIpc) is 3.18. The SMILES string of the molecule is COc1c(C)cc(C(=CCCCc2nnc(C)o2)c2ccc(C#N)cc2)cc1C(=O)S. The largest absolute Gasteiger partial charge is 0.496 e. The van der Waals surface area contributed by atoms with Crippen molar-refractivity contribution in [3.63, 3.8) is 0 Å². The predicted molar refractivity (Wildman–Crippen MR) is 121 cm³/mol. The zero-order valence-corrected chi connectivity index (χ0v) is 18.6. The highest BCUT2D eigenvalue weighted by atomic mass is 32.1. The van der Waals surface area contributed by atoms with Crippen molar-refractivity contribution in [1.82, 2.24) is 10.2 Å². The highest BCUT2D eigenvalue weighted by molar-refractivity contribution is 7.97. The van der Waals surface area contributed by atoms with Crippen LogP contribution in [0.15, 0.2) is 46.9 Å². The molecule has 0 saturated carbocycles. The second-order valence-corrected chi connectivity index (χ2v) is 7.50. The van der Waals surface area contributed by atoms with Crippen LogP contribution in [0.5, 0.6) is 5.75 Å². The van der Waals surface area contributed by atoms with Gasteiger partial charge in [-0.05, 0) is 66.3 Å². The summed E-state index contributed by atoms with van der Waals surface area (Å²) in [6.07, 6.45) is 4.40. The number of hydrogen-bond acceptors (Lipinski definition) is 6. The van der Waals surface area contributed by atoms with E-state index in [0.29, 0.717) is 35.1 Å². The molecule has 0 atom stereocenters. The number of carbonyl (C=O) groups is 1. The van der Waals surface area contributed by atoms with Crippen LogP contribution in [0.25, 0.3) is 5.57 Å². The molecule has 0 aliphatic rings. The Morgan fingerprint density at radius 3 is 2.52 bits per heavy atom. The lowest BCUT2D eigenvalue weighted by molar-refractivity contribution is 0.108. The summed E-state index contributed by atoms with van der Waals surface area (Å²) in [5.41, 5.74) is 4.66. The molecule has 0 spiro atoms. The maximum absolute atomic E-state index is 12.1. The fourth-order valence-corrected chi connectivity index (χ4v) is 3.59. The summed E-state index contributed by atoms with van der Waals surface area (Å²) in [5.74, 6) is 1.70. The summed E-state index contributed by atoms with van der Waals surface area (Å²) >= 11 is 4.02. The van der Waals surface area contributed by atoms with Crippen molar-refractivity contribution in [2.24, 2.45) is 0 Å². The Morgan fingerprint density at radius 1 is 1.19 bits per heavy atom. The van der Waals surface area contributed by atoms with Gasteiger partial charge in [-0.15, -0.1) is 22.8 Å². The Morgan fingerprint density at radius 2 is 1.94 bits per heavy atom. The van der Waals surface area contributed by atoms with Gasteiger partial charge in [0.15, 0.2) is 0 Å². The van der Waals surface area contributed by atoms with E-state index in [4.69, 9.17) is 14.4 Å². The van der Waals surface area contributed by atoms with Crippen molar-refractivity contribution in [2.45, 2.75) is 33.1 Å². The van der Waals surface area contributed by atoms with E-state index < -0.39 is 0 Å². The van der Waals surface area contributed by atoms with Gasteiger partial charge in [0.05, 0.1) is 24.3 Å². The van der Waals surface area contributed by atoms with E-state index in [9.17, 15) is 4.79 Å². The Labute approximate surface area is 187 Å². The normalized spacial score (nSPS) is 11.3. The van der Waals surface area contributed by atoms with Crippen molar-refractivity contribution < 1.29 is 13.9 Å². The van der Waals surface area contributed by atoms with Gasteiger partial charge in [0.2, 0.25) is 16.9 Å². The van der Waals surface area contributed by atoms with Crippen LogP contribution < -0.4 is 4.74 Å². The van der Waals surface area contributed by atoms with Gasteiger partial charge in [-0.1, -0.05) is 18.2 Å². The third-order valence-electron chi connectivity index (χ3n) is 4.86. The van der Waals surface area contributed by atoms with Gasteiger partial charge >= 0.3 is 0 Å². The first kappa shape index (κ1) is 22.3. The first-order valence-electron chi connectivity index (χ1n) is 9.85. The summed E-state index contributed by atoms with van der Waals surface area (Å²) in [5, 5.41) is 16.6. The third-order valence-corrected chi connectivity index (χ3v) is 5.10. The minimum Gasteiger partial charge on any atom is -0.496 e. The van der Waals surface area contributed by atoms with E-state index in [1.165, 1.54) is 0 Å². The number of benzene rings is 2. The Bertz CT molecular complexity index is 1160. The van der Waals surface area contributed by atoms with Crippen LogP contribution in [0.2, 0.25) is 0 Å². The van der Waals surface area contributed by atoms with E-state index in [1.807, 2.05) is 25.1 Å². The number of aryl methyl sites for hydroxylation is 3. The van der Waals surface area contributed by atoms with Crippen LogP contribution in [0, 0.1) is 25.2 Å². The summed E-state index contributed by atoms with van der Waals surface area (Å²) < 4.78 is 10.8. The van der Waals surface area contributed by atoms with Gasteiger partial charge in [0, 0.05) is 13.3 Å². The molecule has 1 aromatic heterocycles. The Balaban J connectivity index is 1.97.